The fraction of sp³-hybridized carbons (Fsp3) is 0.926. The fourth-order valence-corrected chi connectivity index (χ4v) is 8.99. The Kier molecular flexibility index (Phi) is 6.24. The van der Waals surface area contributed by atoms with Gasteiger partial charge in [0.15, 0.2) is 0 Å². The van der Waals surface area contributed by atoms with Crippen molar-refractivity contribution in [2.24, 2.45) is 52.3 Å². The van der Waals surface area contributed by atoms with Gasteiger partial charge in [-0.3, -0.25) is 9.59 Å². The van der Waals surface area contributed by atoms with Crippen molar-refractivity contribution in [1.29, 1.82) is 0 Å². The first-order chi connectivity index (χ1) is 14.6. The minimum Gasteiger partial charge on any atom is -0.481 e. The molecule has 4 rings (SSSR count). The third kappa shape index (κ3) is 3.84. The van der Waals surface area contributed by atoms with Crippen LogP contribution in [-0.4, -0.2) is 23.0 Å². The number of hydrogen-bond donors (Lipinski definition) is 2. The summed E-state index contributed by atoms with van der Waals surface area (Å²) in [4.78, 5) is 24.6. The largest absolute Gasteiger partial charge is 0.481 e. The summed E-state index contributed by atoms with van der Waals surface area (Å²) in [5.74, 6) is 2.66. The van der Waals surface area contributed by atoms with Gasteiger partial charge in [-0.25, -0.2) is 0 Å². The van der Waals surface area contributed by atoms with Gasteiger partial charge >= 0.3 is 5.97 Å². The molecule has 1 amide bonds. The van der Waals surface area contributed by atoms with Crippen LogP contribution >= 0.6 is 0 Å². The van der Waals surface area contributed by atoms with Crippen molar-refractivity contribution in [3.63, 3.8) is 0 Å². The van der Waals surface area contributed by atoms with Gasteiger partial charge < -0.3 is 10.4 Å². The van der Waals surface area contributed by atoms with E-state index < -0.39 is 5.97 Å². The number of piperidine rings is 1. The first-order valence-electron chi connectivity index (χ1n) is 13.1. The predicted molar refractivity (Wildman–Crippen MR) is 123 cm³/mol. The molecule has 2 N–H and O–H groups in total. The predicted octanol–water partition coefficient (Wildman–Crippen LogP) is 5.90. The topological polar surface area (TPSA) is 66.4 Å². The molecule has 4 nitrogen and oxygen atoms in total. The molecular weight excluding hydrogens is 386 g/mol. The number of carbonyl (C=O) groups is 2. The smallest absolute Gasteiger partial charge is 0.306 e. The van der Waals surface area contributed by atoms with Gasteiger partial charge in [-0.2, -0.15) is 0 Å². The molecule has 176 valence electrons. The van der Waals surface area contributed by atoms with Crippen molar-refractivity contribution in [2.45, 2.75) is 105 Å². The number of fused-ring (bicyclic) bond motifs is 5. The molecule has 0 aromatic rings. The summed E-state index contributed by atoms with van der Waals surface area (Å²) in [7, 11) is 0. The van der Waals surface area contributed by atoms with Gasteiger partial charge in [0.1, 0.15) is 0 Å². The Morgan fingerprint density at radius 1 is 1.06 bits per heavy atom. The lowest BCUT2D eigenvalue weighted by Gasteiger charge is -2.62. The van der Waals surface area contributed by atoms with Gasteiger partial charge in [0.05, 0.1) is 5.92 Å². The first kappa shape index (κ1) is 23.1. The second-order valence-electron chi connectivity index (χ2n) is 12.6. The molecule has 0 aromatic heterocycles. The highest BCUT2D eigenvalue weighted by Gasteiger charge is 2.64. The molecule has 4 heteroatoms. The summed E-state index contributed by atoms with van der Waals surface area (Å²) in [6.45, 7) is 12.0. The highest BCUT2D eigenvalue weighted by Crippen LogP contribution is 2.67. The van der Waals surface area contributed by atoms with Crippen LogP contribution in [0.3, 0.4) is 0 Å². The fourth-order valence-electron chi connectivity index (χ4n) is 8.99. The number of carboxylic acids is 1. The van der Waals surface area contributed by atoms with Crippen LogP contribution in [0.25, 0.3) is 0 Å². The highest BCUT2D eigenvalue weighted by molar-refractivity contribution is 5.78. The molecule has 0 radical (unpaired) electrons. The molecule has 3 saturated carbocycles. The van der Waals surface area contributed by atoms with E-state index in [0.29, 0.717) is 24.7 Å². The van der Waals surface area contributed by atoms with Crippen LogP contribution in [0.4, 0.5) is 0 Å². The second kappa shape index (κ2) is 8.37. The van der Waals surface area contributed by atoms with E-state index in [1.54, 1.807) is 0 Å². The Hall–Kier alpha value is -1.06. The summed E-state index contributed by atoms with van der Waals surface area (Å²) < 4.78 is 0. The van der Waals surface area contributed by atoms with Crippen molar-refractivity contribution < 1.29 is 14.7 Å². The van der Waals surface area contributed by atoms with E-state index in [4.69, 9.17) is 0 Å². The lowest BCUT2D eigenvalue weighted by atomic mass is 9.44. The zero-order valence-electron chi connectivity index (χ0n) is 20.5. The molecule has 1 heterocycles. The molecule has 0 bridgehead atoms. The van der Waals surface area contributed by atoms with E-state index in [9.17, 15) is 14.7 Å². The van der Waals surface area contributed by atoms with E-state index in [1.807, 2.05) is 0 Å². The molecule has 31 heavy (non-hydrogen) atoms. The van der Waals surface area contributed by atoms with Crippen LogP contribution in [0.5, 0.6) is 0 Å². The molecule has 1 saturated heterocycles. The SMILES string of the molecule is CC(C)CCC[C@@H](C)[C@H]1CC[C@H]2[C@@H]3C(C(=O)O)CC4NC(=O)CC[C@]4(C)[C@H]3CC[C@]12C. The maximum absolute atomic E-state index is 12.5. The van der Waals surface area contributed by atoms with E-state index in [2.05, 4.69) is 39.9 Å². The first-order valence-corrected chi connectivity index (χ1v) is 13.1. The maximum Gasteiger partial charge on any atom is 0.306 e. The Bertz CT molecular complexity index is 705. The lowest BCUT2D eigenvalue weighted by molar-refractivity contribution is -0.168. The van der Waals surface area contributed by atoms with Gasteiger partial charge in [-0.05, 0) is 84.9 Å². The lowest BCUT2D eigenvalue weighted by Crippen LogP contribution is -2.64. The molecule has 4 aliphatic rings. The van der Waals surface area contributed by atoms with Crippen LogP contribution in [0, 0.1) is 52.3 Å². The van der Waals surface area contributed by atoms with Gasteiger partial charge in [0, 0.05) is 12.5 Å². The van der Waals surface area contributed by atoms with E-state index >= 15 is 0 Å². The Labute approximate surface area is 189 Å². The number of amides is 1. The summed E-state index contributed by atoms with van der Waals surface area (Å²) in [5.41, 5.74) is 0.347. The Balaban J connectivity index is 1.58. The Morgan fingerprint density at radius 2 is 1.77 bits per heavy atom. The molecular formula is C27H45NO3. The standard InChI is InChI=1S/C27H45NO3/c1-16(2)7-6-8-17(3)19-9-10-20-24-18(25(30)31)15-22-27(5,14-12-23(29)28-22)21(24)11-13-26(19,20)4/h16-22,24H,6-15H2,1-5H3,(H,28,29)(H,30,31)/t17-,18?,19-,20+,21+,22?,24+,26-,27-/m1/s1. The summed E-state index contributed by atoms with van der Waals surface area (Å²) in [5, 5.41) is 13.5. The Morgan fingerprint density at radius 3 is 2.45 bits per heavy atom. The van der Waals surface area contributed by atoms with Crippen molar-refractivity contribution in [3.8, 4) is 0 Å². The van der Waals surface area contributed by atoms with Gasteiger partial charge in [0.2, 0.25) is 5.91 Å². The van der Waals surface area contributed by atoms with Crippen LogP contribution in [-0.2, 0) is 9.59 Å². The summed E-state index contributed by atoms with van der Waals surface area (Å²) in [6.07, 6.45) is 11.0. The van der Waals surface area contributed by atoms with Crippen molar-refractivity contribution in [3.05, 3.63) is 0 Å². The van der Waals surface area contributed by atoms with Crippen LogP contribution in [0.15, 0.2) is 0 Å². The van der Waals surface area contributed by atoms with Gasteiger partial charge in [-0.15, -0.1) is 0 Å². The maximum atomic E-state index is 12.5. The summed E-state index contributed by atoms with van der Waals surface area (Å²) >= 11 is 0. The molecule has 2 unspecified atom stereocenters. The number of rotatable bonds is 6. The average Bonchev–Trinajstić information content (AvgIpc) is 3.05. The number of aliphatic carboxylic acids is 1. The van der Waals surface area contributed by atoms with Crippen molar-refractivity contribution >= 4 is 11.9 Å². The minimum absolute atomic E-state index is 0.0348. The molecule has 3 aliphatic carbocycles. The average molecular weight is 432 g/mol. The monoisotopic (exact) mass is 431 g/mol. The minimum atomic E-state index is -0.630. The zero-order valence-corrected chi connectivity index (χ0v) is 20.5. The number of carbonyl (C=O) groups excluding carboxylic acids is 1. The number of carboxylic acid groups (broad SMARTS) is 1. The van der Waals surface area contributed by atoms with E-state index in [0.717, 1.165) is 30.6 Å². The molecule has 1 aliphatic heterocycles. The van der Waals surface area contributed by atoms with Crippen molar-refractivity contribution in [1.82, 2.24) is 5.32 Å². The van der Waals surface area contributed by atoms with Crippen molar-refractivity contribution in [2.75, 3.05) is 0 Å². The second-order valence-corrected chi connectivity index (χ2v) is 12.6. The van der Waals surface area contributed by atoms with Crippen LogP contribution in [0.2, 0.25) is 0 Å². The van der Waals surface area contributed by atoms with Gasteiger partial charge in [-0.1, -0.05) is 53.9 Å². The zero-order chi connectivity index (χ0) is 22.6. The van der Waals surface area contributed by atoms with E-state index in [1.165, 1.54) is 38.5 Å². The third-order valence-electron chi connectivity index (χ3n) is 10.7. The quantitative estimate of drug-likeness (QED) is 0.550. The molecule has 4 fully saturated rings. The molecule has 0 aromatic carbocycles. The van der Waals surface area contributed by atoms with E-state index in [-0.39, 0.29) is 34.6 Å². The van der Waals surface area contributed by atoms with Gasteiger partial charge in [0.25, 0.3) is 0 Å². The molecule has 9 atom stereocenters. The third-order valence-corrected chi connectivity index (χ3v) is 10.7. The van der Waals surface area contributed by atoms with Crippen LogP contribution in [0.1, 0.15) is 98.8 Å². The normalized spacial score (nSPS) is 45.4. The highest BCUT2D eigenvalue weighted by atomic mass is 16.4. The number of nitrogens with one attached hydrogen (secondary N) is 1. The number of hydrogen-bond acceptors (Lipinski definition) is 2. The van der Waals surface area contributed by atoms with Crippen LogP contribution < -0.4 is 5.32 Å². The summed E-state index contributed by atoms with van der Waals surface area (Å²) in [6, 6.07) is 0.0348. The molecule has 0 spiro atoms.